The Bertz CT molecular complexity index is 639. The van der Waals surface area contributed by atoms with E-state index >= 15 is 0 Å². The largest absolute Gasteiger partial charge is 0.493 e. The summed E-state index contributed by atoms with van der Waals surface area (Å²) in [5, 5.41) is 9.44. The zero-order chi connectivity index (χ0) is 14.7. The Balaban J connectivity index is 2.34. The molecule has 0 amide bonds. The Labute approximate surface area is 120 Å². The van der Waals surface area contributed by atoms with Crippen LogP contribution in [0.1, 0.15) is 6.42 Å². The van der Waals surface area contributed by atoms with Crippen LogP contribution in [0.25, 0.3) is 11.0 Å². The first-order valence-electron chi connectivity index (χ1n) is 6.00. The topological polar surface area (TPSA) is 73.6 Å². The molecule has 0 unspecified atom stereocenters. The number of thioether (sulfide) groups is 1. The summed E-state index contributed by atoms with van der Waals surface area (Å²) in [7, 11) is 5.06. The highest BCUT2D eigenvalue weighted by molar-refractivity contribution is 7.99. The molecule has 0 bridgehead atoms. The fourth-order valence-corrected chi connectivity index (χ4v) is 2.77. The fraction of sp³-hybridized carbons (Fsp3) is 0.385. The predicted octanol–water partition coefficient (Wildman–Crippen LogP) is 2.16. The third kappa shape index (κ3) is 2.82. The van der Waals surface area contributed by atoms with E-state index in [2.05, 4.69) is 4.98 Å². The lowest BCUT2D eigenvalue weighted by Crippen LogP contribution is -1.98. The zero-order valence-corrected chi connectivity index (χ0v) is 12.4. The molecule has 7 heteroatoms. The molecule has 2 rings (SSSR count). The van der Waals surface area contributed by atoms with Gasteiger partial charge in [0, 0.05) is 24.9 Å². The number of benzene rings is 1. The monoisotopic (exact) mass is 296 g/mol. The van der Waals surface area contributed by atoms with Gasteiger partial charge in [-0.1, -0.05) is 11.8 Å². The summed E-state index contributed by atoms with van der Waals surface area (Å²) in [6, 6.07) is 3.68. The summed E-state index contributed by atoms with van der Waals surface area (Å²) >= 11 is 1.42. The number of aromatic nitrogens is 2. The minimum Gasteiger partial charge on any atom is -0.493 e. The van der Waals surface area contributed by atoms with Gasteiger partial charge in [-0.15, -0.1) is 0 Å². The van der Waals surface area contributed by atoms with E-state index in [1.54, 1.807) is 14.2 Å². The number of methoxy groups -OCH3 is 2. The molecule has 2 aromatic rings. The second-order valence-corrected chi connectivity index (χ2v) is 5.20. The lowest BCUT2D eigenvalue weighted by atomic mass is 10.2. The molecular formula is C13H16N2O4S. The minimum absolute atomic E-state index is 0.112. The highest BCUT2D eigenvalue weighted by atomic mass is 32.2. The van der Waals surface area contributed by atoms with E-state index in [-0.39, 0.29) is 6.42 Å². The van der Waals surface area contributed by atoms with Gasteiger partial charge in [0.1, 0.15) is 0 Å². The van der Waals surface area contributed by atoms with Crippen molar-refractivity contribution in [2.24, 2.45) is 7.05 Å². The summed E-state index contributed by atoms with van der Waals surface area (Å²) in [4.78, 5) is 15.0. The number of ether oxygens (including phenoxy) is 2. The van der Waals surface area contributed by atoms with Crippen molar-refractivity contribution >= 4 is 28.8 Å². The van der Waals surface area contributed by atoms with Crippen molar-refractivity contribution in [1.29, 1.82) is 0 Å². The van der Waals surface area contributed by atoms with E-state index in [0.717, 1.165) is 16.2 Å². The van der Waals surface area contributed by atoms with Gasteiger partial charge in [-0.05, 0) is 0 Å². The third-order valence-corrected chi connectivity index (χ3v) is 3.92. The molecule has 0 spiro atoms. The van der Waals surface area contributed by atoms with E-state index in [4.69, 9.17) is 14.6 Å². The quantitative estimate of drug-likeness (QED) is 0.823. The van der Waals surface area contributed by atoms with Crippen molar-refractivity contribution in [3.8, 4) is 11.5 Å². The van der Waals surface area contributed by atoms with Crippen molar-refractivity contribution in [2.45, 2.75) is 11.6 Å². The van der Waals surface area contributed by atoms with Crippen LogP contribution < -0.4 is 9.47 Å². The van der Waals surface area contributed by atoms with Crippen LogP contribution >= 0.6 is 11.8 Å². The van der Waals surface area contributed by atoms with Crippen LogP contribution in [-0.4, -0.2) is 40.6 Å². The lowest BCUT2D eigenvalue weighted by molar-refractivity contribution is -0.136. The highest BCUT2D eigenvalue weighted by Crippen LogP contribution is 2.33. The molecule has 1 N–H and O–H groups in total. The van der Waals surface area contributed by atoms with Crippen LogP contribution in [0.15, 0.2) is 17.3 Å². The molecule has 0 aliphatic heterocycles. The third-order valence-electron chi connectivity index (χ3n) is 2.89. The second-order valence-electron chi connectivity index (χ2n) is 4.14. The van der Waals surface area contributed by atoms with Crippen LogP contribution in [0, 0.1) is 0 Å². The molecule has 0 atom stereocenters. The number of carboxylic acids is 1. The van der Waals surface area contributed by atoms with Crippen LogP contribution in [0.3, 0.4) is 0 Å². The van der Waals surface area contributed by atoms with E-state index in [1.807, 2.05) is 23.7 Å². The van der Waals surface area contributed by atoms with Crippen LogP contribution in [0.5, 0.6) is 11.5 Å². The molecular weight excluding hydrogens is 280 g/mol. The van der Waals surface area contributed by atoms with Gasteiger partial charge in [0.05, 0.1) is 31.7 Å². The number of hydrogen-bond donors (Lipinski definition) is 1. The van der Waals surface area contributed by atoms with Gasteiger partial charge in [0.15, 0.2) is 16.7 Å². The summed E-state index contributed by atoms with van der Waals surface area (Å²) in [5.41, 5.74) is 1.71. The Morgan fingerprint density at radius 3 is 2.60 bits per heavy atom. The summed E-state index contributed by atoms with van der Waals surface area (Å²) < 4.78 is 12.4. The van der Waals surface area contributed by atoms with Crippen molar-refractivity contribution in [3.63, 3.8) is 0 Å². The van der Waals surface area contributed by atoms with Gasteiger partial charge >= 0.3 is 5.97 Å². The number of carboxylic acid groups (broad SMARTS) is 1. The minimum atomic E-state index is -0.806. The zero-order valence-electron chi connectivity index (χ0n) is 11.5. The number of aryl methyl sites for hydroxylation is 1. The number of imidazole rings is 1. The molecule has 1 aromatic carbocycles. The molecule has 1 aromatic heterocycles. The van der Waals surface area contributed by atoms with Crippen LogP contribution in [-0.2, 0) is 11.8 Å². The molecule has 0 radical (unpaired) electrons. The molecule has 0 aliphatic carbocycles. The smallest absolute Gasteiger partial charge is 0.304 e. The van der Waals surface area contributed by atoms with Crippen molar-refractivity contribution < 1.29 is 19.4 Å². The Morgan fingerprint density at radius 2 is 2.00 bits per heavy atom. The molecule has 0 saturated heterocycles. The number of nitrogens with zero attached hydrogens (tertiary/aromatic N) is 2. The maximum Gasteiger partial charge on any atom is 0.304 e. The molecule has 0 saturated carbocycles. The Morgan fingerprint density at radius 1 is 1.35 bits per heavy atom. The Kier molecular flexibility index (Phi) is 4.39. The standard InChI is InChI=1S/C13H16N2O4S/c1-15-9-7-11(19-3)10(18-2)6-8(9)14-13(15)20-5-4-12(16)17/h6-7H,4-5H2,1-3H3,(H,16,17). The van der Waals surface area contributed by atoms with Crippen molar-refractivity contribution in [3.05, 3.63) is 12.1 Å². The van der Waals surface area contributed by atoms with Gasteiger partial charge in [-0.3, -0.25) is 4.79 Å². The molecule has 20 heavy (non-hydrogen) atoms. The first kappa shape index (κ1) is 14.5. The van der Waals surface area contributed by atoms with Crippen molar-refractivity contribution in [1.82, 2.24) is 9.55 Å². The average molecular weight is 296 g/mol. The molecule has 108 valence electrons. The predicted molar refractivity (Wildman–Crippen MR) is 76.8 cm³/mol. The van der Waals surface area contributed by atoms with Gasteiger partial charge in [0.2, 0.25) is 0 Å². The van der Waals surface area contributed by atoms with Gasteiger partial charge < -0.3 is 19.1 Å². The fourth-order valence-electron chi connectivity index (χ4n) is 1.86. The van der Waals surface area contributed by atoms with Crippen LogP contribution in [0.4, 0.5) is 0 Å². The number of fused-ring (bicyclic) bond motifs is 1. The normalized spacial score (nSPS) is 10.8. The maximum atomic E-state index is 10.5. The van der Waals surface area contributed by atoms with E-state index < -0.39 is 5.97 Å². The first-order valence-corrected chi connectivity index (χ1v) is 6.98. The summed E-state index contributed by atoms with van der Waals surface area (Å²) in [6.45, 7) is 0. The lowest BCUT2D eigenvalue weighted by Gasteiger charge is -2.07. The number of aliphatic carboxylic acids is 1. The van der Waals surface area contributed by atoms with Crippen LogP contribution in [0.2, 0.25) is 0 Å². The molecule has 0 aliphatic rings. The SMILES string of the molecule is COc1cc2nc(SCCC(=O)O)n(C)c2cc1OC. The Hall–Kier alpha value is -1.89. The number of hydrogen-bond acceptors (Lipinski definition) is 5. The van der Waals surface area contributed by atoms with Gasteiger partial charge in [-0.25, -0.2) is 4.98 Å². The second kappa shape index (κ2) is 6.04. The average Bonchev–Trinajstić information content (AvgIpc) is 2.73. The summed E-state index contributed by atoms with van der Waals surface area (Å²) in [6.07, 6.45) is 0.112. The van der Waals surface area contributed by atoms with Gasteiger partial charge in [0.25, 0.3) is 0 Å². The molecule has 6 nitrogen and oxygen atoms in total. The van der Waals surface area contributed by atoms with E-state index in [1.165, 1.54) is 11.8 Å². The van der Waals surface area contributed by atoms with Crippen molar-refractivity contribution in [2.75, 3.05) is 20.0 Å². The molecule has 0 fully saturated rings. The number of carbonyl (C=O) groups is 1. The summed E-state index contributed by atoms with van der Waals surface area (Å²) in [5.74, 6) is 0.950. The van der Waals surface area contributed by atoms with Gasteiger partial charge in [-0.2, -0.15) is 0 Å². The van der Waals surface area contributed by atoms with E-state index in [0.29, 0.717) is 17.3 Å². The number of rotatable bonds is 6. The molecule has 1 heterocycles. The maximum absolute atomic E-state index is 10.5. The highest BCUT2D eigenvalue weighted by Gasteiger charge is 2.13. The van der Waals surface area contributed by atoms with E-state index in [9.17, 15) is 4.79 Å². The first-order chi connectivity index (χ1) is 9.56.